The average Bonchev–Trinajstić information content (AvgIpc) is 2.71. The Morgan fingerprint density at radius 1 is 0.750 bits per heavy atom. The summed E-state index contributed by atoms with van der Waals surface area (Å²) in [7, 11) is 0. The van der Waals surface area contributed by atoms with Crippen LogP contribution in [-0.4, -0.2) is 29.3 Å². The van der Waals surface area contributed by atoms with Crippen molar-refractivity contribution in [1.82, 2.24) is 4.90 Å². The van der Waals surface area contributed by atoms with Gasteiger partial charge >= 0.3 is 0 Å². The minimum Gasteiger partial charge on any atom is -0.389 e. The molecule has 3 aromatic carbocycles. The SMILES string of the molecule is Cc1ccc(CN(Cc2ccccc2)CC(O)COCc2ccccc2)cc1. The minimum absolute atomic E-state index is 0.327. The summed E-state index contributed by atoms with van der Waals surface area (Å²) in [5.41, 5.74) is 4.87. The lowest BCUT2D eigenvalue weighted by Gasteiger charge is -2.25. The molecule has 0 aliphatic heterocycles. The van der Waals surface area contributed by atoms with Gasteiger partial charge in [0.25, 0.3) is 0 Å². The van der Waals surface area contributed by atoms with Gasteiger partial charge in [0.2, 0.25) is 0 Å². The fraction of sp³-hybridized carbons (Fsp3) is 0.280. The standard InChI is InChI=1S/C25H29NO2/c1-21-12-14-23(15-13-21)17-26(16-22-8-4-2-5-9-22)18-25(27)20-28-19-24-10-6-3-7-11-24/h2-15,25,27H,16-20H2,1H3. The van der Waals surface area contributed by atoms with E-state index in [-0.39, 0.29) is 0 Å². The molecule has 0 aliphatic rings. The van der Waals surface area contributed by atoms with Gasteiger partial charge in [0.1, 0.15) is 0 Å². The van der Waals surface area contributed by atoms with Gasteiger partial charge in [0, 0.05) is 19.6 Å². The maximum Gasteiger partial charge on any atom is 0.0900 e. The van der Waals surface area contributed by atoms with Crippen LogP contribution >= 0.6 is 0 Å². The maximum absolute atomic E-state index is 10.5. The predicted octanol–water partition coefficient (Wildman–Crippen LogP) is 4.57. The number of aliphatic hydroxyl groups excluding tert-OH is 1. The van der Waals surface area contributed by atoms with E-state index >= 15 is 0 Å². The number of nitrogens with zero attached hydrogens (tertiary/aromatic N) is 1. The fourth-order valence-corrected chi connectivity index (χ4v) is 3.22. The summed E-state index contributed by atoms with van der Waals surface area (Å²) in [6.45, 7) is 5.11. The highest BCUT2D eigenvalue weighted by Gasteiger charge is 2.13. The highest BCUT2D eigenvalue weighted by atomic mass is 16.5. The van der Waals surface area contributed by atoms with Gasteiger partial charge in [-0.1, -0.05) is 90.5 Å². The highest BCUT2D eigenvalue weighted by molar-refractivity contribution is 5.22. The number of aryl methyl sites for hydroxylation is 1. The van der Waals surface area contributed by atoms with Crippen LogP contribution in [0.1, 0.15) is 22.3 Å². The summed E-state index contributed by atoms with van der Waals surface area (Å²) in [4.78, 5) is 2.27. The van der Waals surface area contributed by atoms with Crippen LogP contribution in [0.4, 0.5) is 0 Å². The van der Waals surface area contributed by atoms with Crippen molar-refractivity contribution in [3.63, 3.8) is 0 Å². The molecule has 0 fully saturated rings. The van der Waals surface area contributed by atoms with E-state index in [0.717, 1.165) is 18.7 Å². The quantitative estimate of drug-likeness (QED) is 0.563. The molecule has 0 saturated carbocycles. The third-order valence-corrected chi connectivity index (χ3v) is 4.67. The zero-order valence-electron chi connectivity index (χ0n) is 16.5. The number of aliphatic hydroxyl groups is 1. The zero-order valence-corrected chi connectivity index (χ0v) is 16.5. The van der Waals surface area contributed by atoms with Gasteiger partial charge in [-0.25, -0.2) is 0 Å². The first-order chi connectivity index (χ1) is 13.7. The van der Waals surface area contributed by atoms with Gasteiger partial charge < -0.3 is 9.84 Å². The molecule has 0 heterocycles. The Kier molecular flexibility index (Phi) is 7.80. The molecule has 1 atom stereocenters. The van der Waals surface area contributed by atoms with Crippen LogP contribution in [0.2, 0.25) is 0 Å². The molecule has 0 aromatic heterocycles. The number of hydrogen-bond acceptors (Lipinski definition) is 3. The van der Waals surface area contributed by atoms with Gasteiger partial charge in [-0.15, -0.1) is 0 Å². The van der Waals surface area contributed by atoms with Crippen molar-refractivity contribution in [2.45, 2.75) is 32.7 Å². The molecule has 146 valence electrons. The van der Waals surface area contributed by atoms with Crippen molar-refractivity contribution in [2.24, 2.45) is 0 Å². The second kappa shape index (κ2) is 10.8. The van der Waals surface area contributed by atoms with Crippen molar-refractivity contribution in [3.05, 3.63) is 107 Å². The van der Waals surface area contributed by atoms with Gasteiger partial charge in [-0.2, -0.15) is 0 Å². The molecule has 1 N–H and O–H groups in total. The number of rotatable bonds is 10. The van der Waals surface area contributed by atoms with Gasteiger partial charge in [0.15, 0.2) is 0 Å². The molecule has 3 rings (SSSR count). The molecular weight excluding hydrogens is 346 g/mol. The van der Waals surface area contributed by atoms with Crippen molar-refractivity contribution >= 4 is 0 Å². The summed E-state index contributed by atoms with van der Waals surface area (Å²) < 4.78 is 5.72. The highest BCUT2D eigenvalue weighted by Crippen LogP contribution is 2.12. The number of ether oxygens (including phenoxy) is 1. The molecule has 0 saturated heterocycles. The van der Waals surface area contributed by atoms with Crippen LogP contribution in [0, 0.1) is 6.92 Å². The Labute approximate surface area is 168 Å². The normalized spacial score (nSPS) is 12.2. The third kappa shape index (κ3) is 6.93. The largest absolute Gasteiger partial charge is 0.389 e. The lowest BCUT2D eigenvalue weighted by molar-refractivity contribution is 0.00713. The molecule has 0 aliphatic carbocycles. The summed E-state index contributed by atoms with van der Waals surface area (Å²) in [6, 6.07) is 29.0. The third-order valence-electron chi connectivity index (χ3n) is 4.67. The molecule has 28 heavy (non-hydrogen) atoms. The Balaban J connectivity index is 1.56. The summed E-state index contributed by atoms with van der Waals surface area (Å²) in [6.07, 6.45) is -0.530. The van der Waals surface area contributed by atoms with Crippen molar-refractivity contribution < 1.29 is 9.84 Å². The Hall–Kier alpha value is -2.46. The second-order valence-corrected chi connectivity index (χ2v) is 7.30. The van der Waals surface area contributed by atoms with E-state index in [1.165, 1.54) is 16.7 Å². The van der Waals surface area contributed by atoms with E-state index in [1.807, 2.05) is 36.4 Å². The lowest BCUT2D eigenvalue weighted by atomic mass is 10.1. The van der Waals surface area contributed by atoms with E-state index in [4.69, 9.17) is 4.74 Å². The summed E-state index contributed by atoms with van der Waals surface area (Å²) >= 11 is 0. The Morgan fingerprint density at radius 2 is 1.29 bits per heavy atom. The zero-order chi connectivity index (χ0) is 19.6. The molecule has 3 heteroatoms. The van der Waals surface area contributed by atoms with E-state index in [1.54, 1.807) is 0 Å². The van der Waals surface area contributed by atoms with Crippen molar-refractivity contribution in [1.29, 1.82) is 0 Å². The van der Waals surface area contributed by atoms with E-state index in [0.29, 0.717) is 19.8 Å². The predicted molar refractivity (Wildman–Crippen MR) is 114 cm³/mol. The average molecular weight is 376 g/mol. The van der Waals surface area contributed by atoms with E-state index in [2.05, 4.69) is 60.4 Å². The minimum atomic E-state index is -0.530. The molecule has 1 unspecified atom stereocenters. The molecule has 0 amide bonds. The van der Waals surface area contributed by atoms with Gasteiger partial charge in [0.05, 0.1) is 19.3 Å². The Bertz CT molecular complexity index is 803. The number of hydrogen-bond donors (Lipinski definition) is 1. The maximum atomic E-state index is 10.5. The molecule has 0 radical (unpaired) electrons. The van der Waals surface area contributed by atoms with Crippen molar-refractivity contribution in [2.75, 3.05) is 13.2 Å². The molecule has 0 spiro atoms. The van der Waals surface area contributed by atoms with E-state index in [9.17, 15) is 5.11 Å². The van der Waals surface area contributed by atoms with Crippen LogP contribution in [0.25, 0.3) is 0 Å². The van der Waals surface area contributed by atoms with Gasteiger partial charge in [-0.3, -0.25) is 4.90 Å². The van der Waals surface area contributed by atoms with Crippen LogP contribution < -0.4 is 0 Å². The topological polar surface area (TPSA) is 32.7 Å². The fourth-order valence-electron chi connectivity index (χ4n) is 3.22. The van der Waals surface area contributed by atoms with Crippen LogP contribution in [0.5, 0.6) is 0 Å². The first-order valence-corrected chi connectivity index (χ1v) is 9.80. The first-order valence-electron chi connectivity index (χ1n) is 9.80. The molecule has 3 aromatic rings. The van der Waals surface area contributed by atoms with Gasteiger partial charge in [-0.05, 0) is 23.6 Å². The van der Waals surface area contributed by atoms with Crippen LogP contribution in [0.15, 0.2) is 84.9 Å². The second-order valence-electron chi connectivity index (χ2n) is 7.30. The smallest absolute Gasteiger partial charge is 0.0900 e. The Morgan fingerprint density at radius 3 is 1.89 bits per heavy atom. The van der Waals surface area contributed by atoms with Crippen LogP contribution in [0.3, 0.4) is 0 Å². The molecule has 3 nitrogen and oxygen atoms in total. The monoisotopic (exact) mass is 375 g/mol. The summed E-state index contributed by atoms with van der Waals surface area (Å²) in [5.74, 6) is 0. The van der Waals surface area contributed by atoms with Crippen LogP contribution in [-0.2, 0) is 24.4 Å². The number of benzene rings is 3. The lowest BCUT2D eigenvalue weighted by Crippen LogP contribution is -2.34. The molecular formula is C25H29NO2. The summed E-state index contributed by atoms with van der Waals surface area (Å²) in [5, 5.41) is 10.5. The molecule has 0 bridgehead atoms. The van der Waals surface area contributed by atoms with E-state index < -0.39 is 6.10 Å². The van der Waals surface area contributed by atoms with Crippen molar-refractivity contribution in [3.8, 4) is 0 Å². The first kappa shape index (κ1) is 20.3.